The summed E-state index contributed by atoms with van der Waals surface area (Å²) in [4.78, 5) is 4.77. The van der Waals surface area contributed by atoms with E-state index < -0.39 is 0 Å². The van der Waals surface area contributed by atoms with Crippen LogP contribution in [0.3, 0.4) is 0 Å². The van der Waals surface area contributed by atoms with Crippen LogP contribution in [0.25, 0.3) is 11.1 Å². The van der Waals surface area contributed by atoms with Crippen molar-refractivity contribution in [2.45, 2.75) is 0 Å². The Morgan fingerprint density at radius 1 is 1.10 bits per heavy atom. The van der Waals surface area contributed by atoms with Crippen molar-refractivity contribution in [2.75, 3.05) is 43.9 Å². The van der Waals surface area contributed by atoms with E-state index in [0.29, 0.717) is 0 Å². The molecule has 0 amide bonds. The van der Waals surface area contributed by atoms with Crippen LogP contribution in [-0.4, -0.2) is 47.9 Å². The van der Waals surface area contributed by atoms with Crippen molar-refractivity contribution >= 4 is 11.4 Å². The number of nitrogen functional groups attached to an aromatic ring is 1. The summed E-state index contributed by atoms with van der Waals surface area (Å²) in [7, 11) is 4.09. The van der Waals surface area contributed by atoms with E-state index in [2.05, 4.69) is 34.1 Å². The summed E-state index contributed by atoms with van der Waals surface area (Å²) in [5.74, 6) is 0. The number of piperazine rings is 1. The summed E-state index contributed by atoms with van der Waals surface area (Å²) < 4.78 is 1.80. The molecule has 5 heteroatoms. The molecule has 0 bridgehead atoms. The van der Waals surface area contributed by atoms with E-state index in [-0.39, 0.29) is 0 Å². The summed E-state index contributed by atoms with van der Waals surface area (Å²) in [6.07, 6.45) is 3.86. The Morgan fingerprint density at radius 2 is 1.85 bits per heavy atom. The van der Waals surface area contributed by atoms with Gasteiger partial charge in [-0.05, 0) is 25.2 Å². The summed E-state index contributed by atoms with van der Waals surface area (Å²) >= 11 is 0. The van der Waals surface area contributed by atoms with Crippen LogP contribution in [0.2, 0.25) is 0 Å². The quantitative estimate of drug-likeness (QED) is 0.839. The summed E-state index contributed by atoms with van der Waals surface area (Å²) in [5.41, 5.74) is 10.3. The predicted molar refractivity (Wildman–Crippen MR) is 82.8 cm³/mol. The second-order valence-corrected chi connectivity index (χ2v) is 5.46. The number of aryl methyl sites for hydroxylation is 1. The average Bonchev–Trinajstić information content (AvgIpc) is 2.87. The van der Waals surface area contributed by atoms with Gasteiger partial charge in [-0.25, -0.2) is 0 Å². The molecule has 2 aromatic rings. The van der Waals surface area contributed by atoms with Crippen LogP contribution in [0.4, 0.5) is 11.4 Å². The maximum absolute atomic E-state index is 6.12. The molecule has 0 aliphatic carbocycles. The molecule has 20 heavy (non-hydrogen) atoms. The Balaban J connectivity index is 1.90. The first kappa shape index (κ1) is 13.0. The van der Waals surface area contributed by atoms with Gasteiger partial charge in [0.25, 0.3) is 0 Å². The second-order valence-electron chi connectivity index (χ2n) is 5.46. The van der Waals surface area contributed by atoms with E-state index in [4.69, 9.17) is 5.73 Å². The Kier molecular flexibility index (Phi) is 3.36. The van der Waals surface area contributed by atoms with Crippen molar-refractivity contribution < 1.29 is 0 Å². The Morgan fingerprint density at radius 3 is 2.50 bits per heavy atom. The van der Waals surface area contributed by atoms with E-state index in [1.165, 1.54) is 5.69 Å². The molecule has 0 radical (unpaired) electrons. The normalized spacial score (nSPS) is 16.6. The smallest absolute Gasteiger partial charge is 0.0568 e. The summed E-state index contributed by atoms with van der Waals surface area (Å²) in [6.45, 7) is 4.33. The first-order valence-electron chi connectivity index (χ1n) is 6.95. The van der Waals surface area contributed by atoms with Crippen LogP contribution < -0.4 is 10.6 Å². The monoisotopic (exact) mass is 271 g/mol. The van der Waals surface area contributed by atoms with Gasteiger partial charge in [-0.2, -0.15) is 5.10 Å². The van der Waals surface area contributed by atoms with Gasteiger partial charge in [0.05, 0.1) is 6.20 Å². The largest absolute Gasteiger partial charge is 0.398 e. The van der Waals surface area contributed by atoms with E-state index >= 15 is 0 Å². The SMILES string of the molecule is CN1CCN(c2ccc(N)c(-c3cnn(C)c3)c2)CC1. The van der Waals surface area contributed by atoms with Crippen LogP contribution >= 0.6 is 0 Å². The van der Waals surface area contributed by atoms with Gasteiger partial charge >= 0.3 is 0 Å². The molecule has 1 aliphatic heterocycles. The molecular weight excluding hydrogens is 250 g/mol. The van der Waals surface area contributed by atoms with E-state index in [1.807, 2.05) is 25.5 Å². The van der Waals surface area contributed by atoms with Gasteiger partial charge in [0, 0.05) is 61.9 Å². The Labute approximate surface area is 119 Å². The predicted octanol–water partition coefficient (Wildman–Crippen LogP) is 1.42. The van der Waals surface area contributed by atoms with Gasteiger partial charge in [0.1, 0.15) is 0 Å². The number of aromatic nitrogens is 2. The molecule has 1 aromatic carbocycles. The highest BCUT2D eigenvalue weighted by atomic mass is 15.2. The zero-order valence-corrected chi connectivity index (χ0v) is 12.1. The van der Waals surface area contributed by atoms with Crippen LogP contribution in [-0.2, 0) is 7.05 Å². The third-order valence-electron chi connectivity index (χ3n) is 3.92. The number of nitrogens with two attached hydrogens (primary N) is 1. The standard InChI is InChI=1S/C15H21N5/c1-18-5-7-20(8-6-18)13-3-4-15(16)14(9-13)12-10-17-19(2)11-12/h3-4,9-11H,5-8,16H2,1-2H3. The van der Waals surface area contributed by atoms with Gasteiger partial charge in [0.15, 0.2) is 0 Å². The molecule has 0 saturated carbocycles. The lowest BCUT2D eigenvalue weighted by Crippen LogP contribution is -2.44. The fourth-order valence-corrected chi connectivity index (χ4v) is 2.62. The van der Waals surface area contributed by atoms with Crippen molar-refractivity contribution in [2.24, 2.45) is 7.05 Å². The lowest BCUT2D eigenvalue weighted by Gasteiger charge is -2.34. The molecule has 2 heterocycles. The number of likely N-dealkylation sites (N-methyl/N-ethyl adjacent to an activating group) is 1. The lowest BCUT2D eigenvalue weighted by molar-refractivity contribution is 0.313. The van der Waals surface area contributed by atoms with E-state index in [9.17, 15) is 0 Å². The molecule has 1 aromatic heterocycles. The fraction of sp³-hybridized carbons (Fsp3) is 0.400. The van der Waals surface area contributed by atoms with Gasteiger partial charge < -0.3 is 15.5 Å². The highest BCUT2D eigenvalue weighted by Gasteiger charge is 2.15. The number of anilines is 2. The number of rotatable bonds is 2. The van der Waals surface area contributed by atoms with Crippen LogP contribution in [0, 0.1) is 0 Å². The minimum atomic E-state index is 0.802. The van der Waals surface area contributed by atoms with Gasteiger partial charge in [-0.3, -0.25) is 4.68 Å². The number of nitrogens with zero attached hydrogens (tertiary/aromatic N) is 4. The maximum atomic E-state index is 6.12. The highest BCUT2D eigenvalue weighted by molar-refractivity contribution is 5.79. The third-order valence-corrected chi connectivity index (χ3v) is 3.92. The Bertz CT molecular complexity index is 596. The van der Waals surface area contributed by atoms with Crippen LogP contribution in [0.15, 0.2) is 30.6 Å². The van der Waals surface area contributed by atoms with E-state index in [0.717, 1.165) is 43.0 Å². The molecule has 1 fully saturated rings. The maximum Gasteiger partial charge on any atom is 0.0568 e. The minimum Gasteiger partial charge on any atom is -0.398 e. The Hall–Kier alpha value is -2.01. The zero-order valence-electron chi connectivity index (χ0n) is 12.1. The zero-order chi connectivity index (χ0) is 14.1. The topological polar surface area (TPSA) is 50.3 Å². The third kappa shape index (κ3) is 2.49. The fourth-order valence-electron chi connectivity index (χ4n) is 2.62. The molecule has 106 valence electrons. The summed E-state index contributed by atoms with van der Waals surface area (Å²) in [6, 6.07) is 6.29. The first-order chi connectivity index (χ1) is 9.63. The molecule has 5 nitrogen and oxygen atoms in total. The average molecular weight is 271 g/mol. The van der Waals surface area contributed by atoms with Crippen molar-refractivity contribution in [1.82, 2.24) is 14.7 Å². The highest BCUT2D eigenvalue weighted by Crippen LogP contribution is 2.30. The molecule has 0 spiro atoms. The van der Waals surface area contributed by atoms with Gasteiger partial charge in [-0.15, -0.1) is 0 Å². The molecule has 0 atom stereocenters. The van der Waals surface area contributed by atoms with Crippen LogP contribution in [0.5, 0.6) is 0 Å². The van der Waals surface area contributed by atoms with Crippen molar-refractivity contribution in [3.63, 3.8) is 0 Å². The molecule has 0 unspecified atom stereocenters. The van der Waals surface area contributed by atoms with Crippen molar-refractivity contribution in [1.29, 1.82) is 0 Å². The van der Waals surface area contributed by atoms with Gasteiger partial charge in [0.2, 0.25) is 0 Å². The number of hydrogen-bond acceptors (Lipinski definition) is 4. The molecule has 1 saturated heterocycles. The van der Waals surface area contributed by atoms with E-state index in [1.54, 1.807) is 4.68 Å². The number of benzene rings is 1. The minimum absolute atomic E-state index is 0.802. The molecule has 3 rings (SSSR count). The number of hydrogen-bond donors (Lipinski definition) is 1. The molecular formula is C15H21N5. The van der Waals surface area contributed by atoms with Gasteiger partial charge in [-0.1, -0.05) is 0 Å². The summed E-state index contributed by atoms with van der Waals surface area (Å²) in [5, 5.41) is 4.23. The van der Waals surface area contributed by atoms with Crippen molar-refractivity contribution in [3.05, 3.63) is 30.6 Å². The molecule has 2 N–H and O–H groups in total. The van der Waals surface area contributed by atoms with Crippen LogP contribution in [0.1, 0.15) is 0 Å². The molecule has 1 aliphatic rings. The first-order valence-corrected chi connectivity index (χ1v) is 6.95. The lowest BCUT2D eigenvalue weighted by atomic mass is 10.1. The van der Waals surface area contributed by atoms with Crippen molar-refractivity contribution in [3.8, 4) is 11.1 Å². The second kappa shape index (κ2) is 5.17.